The normalized spacial score (nSPS) is 9.38. The van der Waals surface area contributed by atoms with Gasteiger partial charge in [0.1, 0.15) is 0 Å². The van der Waals surface area contributed by atoms with Crippen molar-refractivity contribution < 1.29 is 42.5 Å². The van der Waals surface area contributed by atoms with Crippen molar-refractivity contribution in [3.05, 3.63) is 25.3 Å². The zero-order valence-corrected chi connectivity index (χ0v) is 14.2. The summed E-state index contributed by atoms with van der Waals surface area (Å²) in [4.78, 5) is 0. The molecule has 0 bridgehead atoms. The molecule has 0 aromatic rings. The van der Waals surface area contributed by atoms with E-state index >= 15 is 0 Å². The summed E-state index contributed by atoms with van der Waals surface area (Å²) >= 11 is 3.30. The number of halogens is 1. The minimum Gasteiger partial charge on any atom is -0.748 e. The molecular weight excluding hydrogens is 303 g/mol. The number of hydrogen-bond acceptors (Lipinski definition) is 3. The first-order valence-electron chi connectivity index (χ1n) is 4.69. The second-order valence-corrected chi connectivity index (χ2v) is 5.13. The van der Waals surface area contributed by atoms with Crippen molar-refractivity contribution in [3.8, 4) is 0 Å². The number of unbranched alkanes of at least 4 members (excludes halogenated alkanes) is 2. The zero-order chi connectivity index (χ0) is 12.2. The van der Waals surface area contributed by atoms with Gasteiger partial charge in [-0.3, -0.25) is 0 Å². The van der Waals surface area contributed by atoms with E-state index in [4.69, 9.17) is 0 Å². The van der Waals surface area contributed by atoms with E-state index in [9.17, 15) is 13.0 Å². The van der Waals surface area contributed by atoms with Crippen LogP contribution >= 0.6 is 15.9 Å². The molecule has 0 aliphatic carbocycles. The molecule has 0 rings (SSSR count). The first kappa shape index (κ1) is 22.1. The summed E-state index contributed by atoms with van der Waals surface area (Å²) in [5.41, 5.74) is 0. The molecule has 16 heavy (non-hydrogen) atoms. The number of allylic oxidation sites excluding steroid dienone is 2. The van der Waals surface area contributed by atoms with Crippen LogP contribution in [0.3, 0.4) is 0 Å². The predicted octanol–water partition coefficient (Wildman–Crippen LogP) is -0.151. The molecule has 0 radical (unpaired) electrons. The fraction of sp³-hybridized carbons (Fsp3) is 0.600. The van der Waals surface area contributed by atoms with E-state index in [1.807, 2.05) is 6.08 Å². The fourth-order valence-corrected chi connectivity index (χ4v) is 1.47. The third-order valence-corrected chi connectivity index (χ3v) is 2.69. The minimum absolute atomic E-state index is 0. The molecule has 0 unspecified atom stereocenters. The Morgan fingerprint density at radius 3 is 1.81 bits per heavy atom. The molecule has 6 heteroatoms. The summed E-state index contributed by atoms with van der Waals surface area (Å²) in [5.74, 6) is -0.279. The van der Waals surface area contributed by atoms with Crippen LogP contribution in [0, 0.1) is 0 Å². The maximum absolute atomic E-state index is 9.92. The van der Waals surface area contributed by atoms with E-state index in [2.05, 4.69) is 29.1 Å². The summed E-state index contributed by atoms with van der Waals surface area (Å²) in [6.45, 7) is 6.96. The van der Waals surface area contributed by atoms with Crippen LogP contribution in [0.25, 0.3) is 0 Å². The summed E-state index contributed by atoms with van der Waals surface area (Å²) in [6.07, 6.45) is 6.83. The van der Waals surface area contributed by atoms with Crippen molar-refractivity contribution in [2.45, 2.75) is 25.7 Å². The Labute approximate surface area is 130 Å². The van der Waals surface area contributed by atoms with E-state index in [0.29, 0.717) is 12.8 Å². The van der Waals surface area contributed by atoms with E-state index in [1.54, 1.807) is 6.08 Å². The molecule has 0 aromatic heterocycles. The first-order chi connectivity index (χ1) is 6.97. The Hall–Kier alpha value is 0.870. The molecule has 0 N–H and O–H groups in total. The monoisotopic (exact) mass is 320 g/mol. The van der Waals surface area contributed by atoms with Gasteiger partial charge < -0.3 is 4.55 Å². The average molecular weight is 321 g/mol. The van der Waals surface area contributed by atoms with Crippen molar-refractivity contribution in [2.24, 2.45) is 0 Å². The van der Waals surface area contributed by atoms with Crippen molar-refractivity contribution >= 4 is 26.0 Å². The molecule has 90 valence electrons. The fourth-order valence-electron chi connectivity index (χ4n) is 0.626. The average Bonchev–Trinajstić information content (AvgIpc) is 2.14. The van der Waals surface area contributed by atoms with Crippen molar-refractivity contribution in [1.29, 1.82) is 0 Å². The molecule has 0 saturated heterocycles. The van der Waals surface area contributed by atoms with Gasteiger partial charge in [0.15, 0.2) is 0 Å². The maximum atomic E-state index is 9.92. The summed E-state index contributed by atoms with van der Waals surface area (Å²) in [5, 5.41) is 1.10. The molecular formula is C10H18BrNaO3S. The van der Waals surface area contributed by atoms with E-state index in [1.165, 1.54) is 6.42 Å². The van der Waals surface area contributed by atoms with Crippen LogP contribution in [-0.2, 0) is 10.1 Å². The Balaban J connectivity index is -0.000000214. The molecule has 0 saturated carbocycles. The molecule has 0 aliphatic rings. The third kappa shape index (κ3) is 29.4. The van der Waals surface area contributed by atoms with Crippen molar-refractivity contribution in [3.63, 3.8) is 0 Å². The second-order valence-electron chi connectivity index (χ2n) is 2.81. The van der Waals surface area contributed by atoms with Gasteiger partial charge in [-0.05, 0) is 25.7 Å². The van der Waals surface area contributed by atoms with Crippen LogP contribution in [-0.4, -0.2) is 24.1 Å². The van der Waals surface area contributed by atoms with Crippen LogP contribution in [0.2, 0.25) is 0 Å². The van der Waals surface area contributed by atoms with Crippen molar-refractivity contribution in [1.82, 2.24) is 0 Å². The maximum Gasteiger partial charge on any atom is 1.00 e. The summed E-state index contributed by atoms with van der Waals surface area (Å²) < 4.78 is 29.7. The van der Waals surface area contributed by atoms with E-state index in [-0.39, 0.29) is 35.3 Å². The molecule has 0 amide bonds. The van der Waals surface area contributed by atoms with Gasteiger partial charge in [0.05, 0.1) is 10.1 Å². The van der Waals surface area contributed by atoms with Gasteiger partial charge in [-0.25, -0.2) is 8.42 Å². The molecule has 0 atom stereocenters. The van der Waals surface area contributed by atoms with Crippen molar-refractivity contribution in [2.75, 3.05) is 11.1 Å². The summed E-state index contributed by atoms with van der Waals surface area (Å²) in [6, 6.07) is 0. The first-order valence-corrected chi connectivity index (χ1v) is 7.39. The van der Waals surface area contributed by atoms with Gasteiger partial charge in [0, 0.05) is 11.1 Å². The quantitative estimate of drug-likeness (QED) is 0.215. The van der Waals surface area contributed by atoms with Gasteiger partial charge in [-0.1, -0.05) is 28.1 Å². The Morgan fingerprint density at radius 1 is 1.12 bits per heavy atom. The van der Waals surface area contributed by atoms with E-state index < -0.39 is 10.1 Å². The zero-order valence-electron chi connectivity index (χ0n) is 9.82. The number of alkyl halides is 1. The number of hydrogen-bond donors (Lipinski definition) is 0. The van der Waals surface area contributed by atoms with Gasteiger partial charge in [0.25, 0.3) is 0 Å². The molecule has 0 fully saturated rings. The Bertz CT molecular complexity index is 253. The van der Waals surface area contributed by atoms with Crippen LogP contribution in [0.4, 0.5) is 0 Å². The molecule has 0 aliphatic heterocycles. The van der Waals surface area contributed by atoms with Gasteiger partial charge in [-0.15, -0.1) is 13.2 Å². The van der Waals surface area contributed by atoms with Gasteiger partial charge in [-0.2, -0.15) is 0 Å². The molecule has 3 nitrogen and oxygen atoms in total. The SMILES string of the molecule is C=CCCCBr.C=CCCCS(=O)(=O)[O-].[Na+]. The van der Waals surface area contributed by atoms with Crippen LogP contribution in [0.15, 0.2) is 25.3 Å². The predicted molar refractivity (Wildman–Crippen MR) is 67.2 cm³/mol. The van der Waals surface area contributed by atoms with Crippen LogP contribution in [0.5, 0.6) is 0 Å². The standard InChI is InChI=1S/C5H9Br.C5H10O3S.Na/c1-2-3-4-5-6;1-2-3-4-5-9(6,7)8;/h2H,1,3-5H2;2H,1,3-5H2,(H,6,7,8);/q;;+1/p-1. The second kappa shape index (κ2) is 15.9. The minimum atomic E-state index is -3.99. The smallest absolute Gasteiger partial charge is 0.748 e. The van der Waals surface area contributed by atoms with Gasteiger partial charge >= 0.3 is 29.6 Å². The largest absolute Gasteiger partial charge is 1.00 e. The summed E-state index contributed by atoms with van der Waals surface area (Å²) in [7, 11) is -3.99. The third-order valence-electron chi connectivity index (χ3n) is 1.34. The topological polar surface area (TPSA) is 57.2 Å². The van der Waals surface area contributed by atoms with Crippen LogP contribution < -0.4 is 29.6 Å². The molecule has 0 heterocycles. The van der Waals surface area contributed by atoms with Crippen LogP contribution in [0.1, 0.15) is 25.7 Å². The molecule has 0 aromatic carbocycles. The Kier molecular flexibility index (Phi) is 21.9. The van der Waals surface area contributed by atoms with Gasteiger partial charge in [0.2, 0.25) is 0 Å². The van der Waals surface area contributed by atoms with E-state index in [0.717, 1.165) is 11.8 Å². The molecule has 0 spiro atoms. The Morgan fingerprint density at radius 2 is 1.56 bits per heavy atom. The number of rotatable bonds is 7.